The lowest BCUT2D eigenvalue weighted by Crippen LogP contribution is -2.56. The van der Waals surface area contributed by atoms with Gasteiger partial charge in [-0.25, -0.2) is 0 Å². The first-order valence-corrected chi connectivity index (χ1v) is 8.21. The van der Waals surface area contributed by atoms with Crippen LogP contribution in [-0.4, -0.2) is 43.5 Å². The highest BCUT2D eigenvalue weighted by molar-refractivity contribution is 5.85. The van der Waals surface area contributed by atoms with Crippen LogP contribution in [0.5, 0.6) is 0 Å². The molecule has 2 aliphatic rings. The molecule has 0 aromatic rings. The molecule has 0 spiro atoms. The number of hydrogen-bond donors (Lipinski definition) is 2. The van der Waals surface area contributed by atoms with Crippen molar-refractivity contribution in [1.29, 1.82) is 0 Å². The number of rotatable bonds is 5. The topological polar surface area (TPSA) is 58.4 Å². The molecule has 0 saturated heterocycles. The molecule has 2 saturated carbocycles. The normalized spacial score (nSPS) is 23.6. The number of amides is 1. The molecule has 0 bridgehead atoms. The highest BCUT2D eigenvalue weighted by Crippen LogP contribution is 2.38. The van der Waals surface area contributed by atoms with Gasteiger partial charge < -0.3 is 16.0 Å². The first-order valence-electron chi connectivity index (χ1n) is 8.21. The van der Waals surface area contributed by atoms with Crippen LogP contribution in [0.1, 0.15) is 57.8 Å². The third kappa shape index (κ3) is 3.91. The van der Waals surface area contributed by atoms with E-state index >= 15 is 0 Å². The molecule has 4 nitrogen and oxygen atoms in total. The van der Waals surface area contributed by atoms with Gasteiger partial charge in [0.15, 0.2) is 0 Å². The Balaban J connectivity index is 0.00000220. The third-order valence-electron chi connectivity index (χ3n) is 5.74. The predicted molar refractivity (Wildman–Crippen MR) is 89.7 cm³/mol. The van der Waals surface area contributed by atoms with Gasteiger partial charge in [-0.2, -0.15) is 0 Å². The van der Waals surface area contributed by atoms with Crippen LogP contribution in [0, 0.1) is 5.41 Å². The fourth-order valence-corrected chi connectivity index (χ4v) is 4.00. The predicted octanol–water partition coefficient (Wildman–Crippen LogP) is 2.31. The molecule has 0 atom stereocenters. The highest BCUT2D eigenvalue weighted by Gasteiger charge is 2.41. The van der Waals surface area contributed by atoms with E-state index in [2.05, 4.69) is 24.3 Å². The summed E-state index contributed by atoms with van der Waals surface area (Å²) in [5, 5.41) is 3.25. The van der Waals surface area contributed by atoms with E-state index in [1.165, 1.54) is 32.1 Å². The van der Waals surface area contributed by atoms with Crippen molar-refractivity contribution in [2.75, 3.05) is 27.2 Å². The van der Waals surface area contributed by atoms with Gasteiger partial charge in [0.05, 0.1) is 5.41 Å². The second-order valence-electron chi connectivity index (χ2n) is 7.05. The molecule has 21 heavy (non-hydrogen) atoms. The summed E-state index contributed by atoms with van der Waals surface area (Å²) < 4.78 is 0. The molecule has 2 rings (SSSR count). The zero-order valence-electron chi connectivity index (χ0n) is 13.6. The summed E-state index contributed by atoms with van der Waals surface area (Å²) in [6.45, 7) is 1.27. The quantitative estimate of drug-likeness (QED) is 0.818. The smallest absolute Gasteiger partial charge is 0.227 e. The van der Waals surface area contributed by atoms with E-state index in [1.807, 2.05) is 0 Å². The lowest BCUT2D eigenvalue weighted by molar-refractivity contribution is -0.131. The average Bonchev–Trinajstić information content (AvgIpc) is 2.95. The Morgan fingerprint density at radius 2 is 1.57 bits per heavy atom. The van der Waals surface area contributed by atoms with E-state index in [0.29, 0.717) is 6.54 Å². The number of nitrogens with two attached hydrogens (primary N) is 1. The van der Waals surface area contributed by atoms with Crippen molar-refractivity contribution in [3.63, 3.8) is 0 Å². The molecule has 0 unspecified atom stereocenters. The molecular weight excluding hydrogens is 286 g/mol. The maximum absolute atomic E-state index is 12.6. The van der Waals surface area contributed by atoms with Gasteiger partial charge in [0.25, 0.3) is 0 Å². The monoisotopic (exact) mass is 317 g/mol. The molecule has 0 aliphatic heterocycles. The summed E-state index contributed by atoms with van der Waals surface area (Å²) in [5.41, 5.74) is 5.78. The molecule has 1 amide bonds. The van der Waals surface area contributed by atoms with Gasteiger partial charge in [-0.05, 0) is 39.8 Å². The molecule has 5 heteroatoms. The van der Waals surface area contributed by atoms with E-state index in [9.17, 15) is 4.79 Å². The number of nitrogens with one attached hydrogen (secondary N) is 1. The van der Waals surface area contributed by atoms with Crippen LogP contribution in [0.15, 0.2) is 0 Å². The van der Waals surface area contributed by atoms with Gasteiger partial charge in [0, 0.05) is 18.6 Å². The van der Waals surface area contributed by atoms with Crippen LogP contribution in [-0.2, 0) is 4.79 Å². The summed E-state index contributed by atoms with van der Waals surface area (Å²) >= 11 is 0. The summed E-state index contributed by atoms with van der Waals surface area (Å²) in [5.74, 6) is 0.198. The zero-order valence-corrected chi connectivity index (χ0v) is 14.4. The minimum atomic E-state index is -0.276. The second kappa shape index (κ2) is 7.80. The fraction of sp³-hybridized carbons (Fsp3) is 0.938. The first kappa shape index (κ1) is 18.7. The van der Waals surface area contributed by atoms with Crippen molar-refractivity contribution in [3.05, 3.63) is 0 Å². The number of halogens is 1. The first-order chi connectivity index (χ1) is 9.55. The maximum atomic E-state index is 12.6. The Kier molecular flexibility index (Phi) is 6.95. The van der Waals surface area contributed by atoms with Gasteiger partial charge in [-0.3, -0.25) is 4.79 Å². The van der Waals surface area contributed by atoms with E-state index in [0.717, 1.165) is 32.2 Å². The molecule has 0 aromatic carbocycles. The summed E-state index contributed by atoms with van der Waals surface area (Å²) in [4.78, 5) is 14.9. The van der Waals surface area contributed by atoms with Crippen LogP contribution < -0.4 is 11.1 Å². The van der Waals surface area contributed by atoms with Gasteiger partial charge in [0.1, 0.15) is 0 Å². The SMILES string of the molecule is CN(C)C1(CNC(=O)C2(CN)CCCC2)CCCCC1.Cl. The van der Waals surface area contributed by atoms with E-state index < -0.39 is 0 Å². The number of nitrogens with zero attached hydrogens (tertiary/aromatic N) is 1. The van der Waals surface area contributed by atoms with Crippen molar-refractivity contribution in [2.24, 2.45) is 11.1 Å². The number of carbonyl (C=O) groups excluding carboxylic acids is 1. The van der Waals surface area contributed by atoms with Crippen LogP contribution in [0.2, 0.25) is 0 Å². The lowest BCUT2D eigenvalue weighted by atomic mass is 9.79. The molecule has 124 valence electrons. The summed E-state index contributed by atoms with van der Waals surface area (Å²) in [6, 6.07) is 0. The zero-order chi connectivity index (χ0) is 14.6. The van der Waals surface area contributed by atoms with Gasteiger partial charge >= 0.3 is 0 Å². The molecule has 0 radical (unpaired) electrons. The summed E-state index contributed by atoms with van der Waals surface area (Å²) in [7, 11) is 4.29. The van der Waals surface area contributed by atoms with Crippen molar-refractivity contribution < 1.29 is 4.79 Å². The Labute approximate surface area is 135 Å². The van der Waals surface area contributed by atoms with Crippen LogP contribution in [0.3, 0.4) is 0 Å². The standard InChI is InChI=1S/C16H31N3O.ClH/c1-19(2)16(10-4-3-5-11-16)13-18-14(20)15(12-17)8-6-7-9-15;/h3-13,17H2,1-2H3,(H,18,20);1H. The third-order valence-corrected chi connectivity index (χ3v) is 5.74. The maximum Gasteiger partial charge on any atom is 0.227 e. The average molecular weight is 318 g/mol. The van der Waals surface area contributed by atoms with Crippen molar-refractivity contribution in [2.45, 2.75) is 63.3 Å². The van der Waals surface area contributed by atoms with Gasteiger partial charge in [-0.1, -0.05) is 32.1 Å². The Hall–Kier alpha value is -0.320. The number of carbonyl (C=O) groups is 1. The van der Waals surface area contributed by atoms with Crippen molar-refractivity contribution in [1.82, 2.24) is 10.2 Å². The van der Waals surface area contributed by atoms with Gasteiger partial charge in [-0.15, -0.1) is 12.4 Å². The van der Waals surface area contributed by atoms with Crippen LogP contribution in [0.25, 0.3) is 0 Å². The Bertz CT molecular complexity index is 334. The Morgan fingerprint density at radius 1 is 1.05 bits per heavy atom. The van der Waals surface area contributed by atoms with E-state index in [1.54, 1.807) is 0 Å². The molecule has 0 aromatic heterocycles. The van der Waals surface area contributed by atoms with Crippen molar-refractivity contribution in [3.8, 4) is 0 Å². The Morgan fingerprint density at radius 3 is 2.05 bits per heavy atom. The lowest BCUT2D eigenvalue weighted by Gasteiger charge is -2.43. The number of hydrogen-bond acceptors (Lipinski definition) is 3. The minimum Gasteiger partial charge on any atom is -0.354 e. The molecule has 0 heterocycles. The molecule has 2 fully saturated rings. The summed E-state index contributed by atoms with van der Waals surface area (Å²) in [6.07, 6.45) is 10.5. The van der Waals surface area contributed by atoms with Crippen molar-refractivity contribution >= 4 is 18.3 Å². The molecule has 2 aliphatic carbocycles. The minimum absolute atomic E-state index is 0. The van der Waals surface area contributed by atoms with E-state index in [-0.39, 0.29) is 29.3 Å². The largest absolute Gasteiger partial charge is 0.354 e. The fourth-order valence-electron chi connectivity index (χ4n) is 4.00. The van der Waals surface area contributed by atoms with E-state index in [4.69, 9.17) is 5.73 Å². The molecular formula is C16H32ClN3O. The number of likely N-dealkylation sites (N-methyl/N-ethyl adjacent to an activating group) is 1. The molecule has 3 N–H and O–H groups in total. The second-order valence-corrected chi connectivity index (χ2v) is 7.05. The van der Waals surface area contributed by atoms with Crippen LogP contribution in [0.4, 0.5) is 0 Å². The highest BCUT2D eigenvalue weighted by atomic mass is 35.5. The van der Waals surface area contributed by atoms with Crippen LogP contribution >= 0.6 is 12.4 Å². The van der Waals surface area contributed by atoms with Gasteiger partial charge in [0.2, 0.25) is 5.91 Å².